The molecule has 0 fully saturated rings. The lowest BCUT2D eigenvalue weighted by Crippen LogP contribution is -2.48. The molecule has 1 aromatic carbocycles. The van der Waals surface area contributed by atoms with Crippen molar-refractivity contribution in [1.82, 2.24) is 10.6 Å². The van der Waals surface area contributed by atoms with Gasteiger partial charge < -0.3 is 15.4 Å². The van der Waals surface area contributed by atoms with Crippen LogP contribution in [0.15, 0.2) is 18.2 Å². The van der Waals surface area contributed by atoms with E-state index in [-0.39, 0.29) is 11.8 Å². The molecule has 0 saturated carbocycles. The Hall–Kier alpha value is -2.04. The fourth-order valence-corrected chi connectivity index (χ4v) is 2.05. The Labute approximate surface area is 138 Å². The number of nitrogens with one attached hydrogen (secondary N) is 2. The molecule has 0 saturated heterocycles. The molecule has 128 valence electrons. The van der Waals surface area contributed by atoms with Gasteiger partial charge in [-0.3, -0.25) is 9.59 Å². The van der Waals surface area contributed by atoms with Crippen molar-refractivity contribution in [3.8, 4) is 5.75 Å². The van der Waals surface area contributed by atoms with Crippen molar-refractivity contribution in [2.45, 2.75) is 47.1 Å². The Morgan fingerprint density at radius 2 is 1.91 bits per heavy atom. The van der Waals surface area contributed by atoms with E-state index in [9.17, 15) is 9.59 Å². The first-order valence-corrected chi connectivity index (χ1v) is 7.87. The van der Waals surface area contributed by atoms with E-state index in [1.807, 2.05) is 39.8 Å². The topological polar surface area (TPSA) is 67.4 Å². The molecule has 0 radical (unpaired) electrons. The van der Waals surface area contributed by atoms with Gasteiger partial charge in [0.05, 0.1) is 7.11 Å². The number of benzene rings is 1. The van der Waals surface area contributed by atoms with Crippen molar-refractivity contribution in [1.29, 1.82) is 0 Å². The number of methoxy groups -OCH3 is 1. The van der Waals surface area contributed by atoms with Gasteiger partial charge in [-0.15, -0.1) is 0 Å². The van der Waals surface area contributed by atoms with Crippen LogP contribution in [0, 0.1) is 12.3 Å². The molecular weight excluding hydrogens is 292 g/mol. The van der Waals surface area contributed by atoms with Crippen LogP contribution in [0.2, 0.25) is 0 Å². The number of carbonyl (C=O) groups excluding carboxylic acids is 2. The first-order chi connectivity index (χ1) is 10.6. The van der Waals surface area contributed by atoms with Crippen molar-refractivity contribution >= 4 is 11.8 Å². The van der Waals surface area contributed by atoms with Crippen molar-refractivity contribution in [3.05, 3.63) is 29.3 Å². The predicted octanol–water partition coefficient (Wildman–Crippen LogP) is 2.21. The van der Waals surface area contributed by atoms with Gasteiger partial charge in [-0.1, -0.05) is 38.5 Å². The molecule has 1 aromatic rings. The molecule has 5 nitrogen and oxygen atoms in total. The normalized spacial score (nSPS) is 12.4. The summed E-state index contributed by atoms with van der Waals surface area (Å²) >= 11 is 0. The molecule has 0 aliphatic carbocycles. The Morgan fingerprint density at radius 3 is 2.48 bits per heavy atom. The molecule has 5 heteroatoms. The second kappa shape index (κ2) is 7.99. The van der Waals surface area contributed by atoms with Gasteiger partial charge in [0.15, 0.2) is 0 Å². The molecule has 1 atom stereocenters. The summed E-state index contributed by atoms with van der Waals surface area (Å²) in [6, 6.07) is 5.42. The fourth-order valence-electron chi connectivity index (χ4n) is 2.05. The summed E-state index contributed by atoms with van der Waals surface area (Å²) in [5, 5.41) is 5.57. The van der Waals surface area contributed by atoms with E-state index in [1.165, 1.54) is 0 Å². The number of ether oxygens (including phenoxy) is 1. The highest BCUT2D eigenvalue weighted by molar-refractivity contribution is 5.89. The first kappa shape index (κ1) is 19.0. The SMILES string of the molecule is COc1ccc(C)cc1CCNC(=O)C(C)NC(=O)C(C)(C)C. The lowest BCUT2D eigenvalue weighted by molar-refractivity contribution is -0.133. The summed E-state index contributed by atoms with van der Waals surface area (Å²) in [4.78, 5) is 23.9. The minimum absolute atomic E-state index is 0.138. The summed E-state index contributed by atoms with van der Waals surface area (Å²) < 4.78 is 5.33. The summed E-state index contributed by atoms with van der Waals surface area (Å²) in [7, 11) is 1.64. The van der Waals surface area contributed by atoms with E-state index < -0.39 is 11.5 Å². The van der Waals surface area contributed by atoms with Crippen molar-refractivity contribution in [2.24, 2.45) is 5.41 Å². The first-order valence-electron chi connectivity index (χ1n) is 7.87. The summed E-state index contributed by atoms with van der Waals surface area (Å²) in [6.07, 6.45) is 0.677. The third-order valence-corrected chi connectivity index (χ3v) is 3.55. The van der Waals surface area contributed by atoms with Crippen LogP contribution >= 0.6 is 0 Å². The van der Waals surface area contributed by atoms with Gasteiger partial charge >= 0.3 is 0 Å². The molecule has 0 spiro atoms. The molecule has 0 aliphatic rings. The Balaban J connectivity index is 2.51. The molecule has 0 aliphatic heterocycles. The largest absolute Gasteiger partial charge is 0.496 e. The number of carbonyl (C=O) groups is 2. The predicted molar refractivity (Wildman–Crippen MR) is 91.5 cm³/mol. The molecular formula is C18H28N2O3. The van der Waals surface area contributed by atoms with Crippen LogP contribution in [0.25, 0.3) is 0 Å². The van der Waals surface area contributed by atoms with Gasteiger partial charge in [-0.05, 0) is 31.9 Å². The number of hydrogen-bond acceptors (Lipinski definition) is 3. The Morgan fingerprint density at radius 1 is 1.26 bits per heavy atom. The average molecular weight is 320 g/mol. The highest BCUT2D eigenvalue weighted by Crippen LogP contribution is 2.19. The third-order valence-electron chi connectivity index (χ3n) is 3.55. The fraction of sp³-hybridized carbons (Fsp3) is 0.556. The van der Waals surface area contributed by atoms with Gasteiger partial charge in [-0.25, -0.2) is 0 Å². The number of aryl methyl sites for hydroxylation is 1. The summed E-state index contributed by atoms with van der Waals surface area (Å²) in [6.45, 7) is 9.65. The van der Waals surface area contributed by atoms with E-state index in [2.05, 4.69) is 16.7 Å². The minimum atomic E-state index is -0.555. The van der Waals surface area contributed by atoms with Crippen LogP contribution in [-0.4, -0.2) is 31.5 Å². The lowest BCUT2D eigenvalue weighted by Gasteiger charge is -2.21. The van der Waals surface area contributed by atoms with E-state index in [4.69, 9.17) is 4.74 Å². The molecule has 2 amide bonds. The van der Waals surface area contributed by atoms with Crippen molar-refractivity contribution in [2.75, 3.05) is 13.7 Å². The number of amides is 2. The standard InChI is InChI=1S/C18H28N2O3/c1-12-7-8-15(23-6)14(11-12)9-10-19-16(21)13(2)20-17(22)18(3,4)5/h7-8,11,13H,9-10H2,1-6H3,(H,19,21)(H,20,22). The Kier molecular flexibility index (Phi) is 6.61. The highest BCUT2D eigenvalue weighted by Gasteiger charge is 2.24. The zero-order chi connectivity index (χ0) is 17.6. The Bertz CT molecular complexity index is 562. The maximum absolute atomic E-state index is 12.1. The van der Waals surface area contributed by atoms with Crippen molar-refractivity contribution < 1.29 is 14.3 Å². The van der Waals surface area contributed by atoms with Crippen LogP contribution < -0.4 is 15.4 Å². The molecule has 1 unspecified atom stereocenters. The monoisotopic (exact) mass is 320 g/mol. The third kappa shape index (κ3) is 5.93. The van der Waals surface area contributed by atoms with E-state index in [0.717, 1.165) is 16.9 Å². The van der Waals surface area contributed by atoms with Crippen LogP contribution in [0.4, 0.5) is 0 Å². The zero-order valence-corrected chi connectivity index (χ0v) is 14.9. The lowest BCUT2D eigenvalue weighted by atomic mass is 9.95. The van der Waals surface area contributed by atoms with Gasteiger partial charge in [0, 0.05) is 12.0 Å². The van der Waals surface area contributed by atoms with Crippen molar-refractivity contribution in [3.63, 3.8) is 0 Å². The molecule has 0 bridgehead atoms. The zero-order valence-electron chi connectivity index (χ0n) is 14.9. The minimum Gasteiger partial charge on any atom is -0.496 e. The number of hydrogen-bond donors (Lipinski definition) is 2. The van der Waals surface area contributed by atoms with E-state index in [1.54, 1.807) is 14.0 Å². The second-order valence-corrected chi connectivity index (χ2v) is 6.80. The maximum atomic E-state index is 12.1. The van der Waals surface area contributed by atoms with Crippen LogP contribution in [0.1, 0.15) is 38.8 Å². The maximum Gasteiger partial charge on any atom is 0.242 e. The molecule has 2 N–H and O–H groups in total. The quantitative estimate of drug-likeness (QED) is 0.844. The second-order valence-electron chi connectivity index (χ2n) is 6.80. The van der Waals surface area contributed by atoms with E-state index >= 15 is 0 Å². The van der Waals surface area contributed by atoms with Crippen LogP contribution in [0.5, 0.6) is 5.75 Å². The van der Waals surface area contributed by atoms with Crippen LogP contribution in [0.3, 0.4) is 0 Å². The number of rotatable bonds is 6. The van der Waals surface area contributed by atoms with Gasteiger partial charge in [0.25, 0.3) is 0 Å². The summed E-state index contributed by atoms with van der Waals surface area (Å²) in [5.74, 6) is 0.494. The average Bonchev–Trinajstić information content (AvgIpc) is 2.46. The van der Waals surface area contributed by atoms with Gasteiger partial charge in [0.2, 0.25) is 11.8 Å². The summed E-state index contributed by atoms with van der Waals surface area (Å²) in [5.41, 5.74) is 1.70. The smallest absolute Gasteiger partial charge is 0.242 e. The van der Waals surface area contributed by atoms with Crippen LogP contribution in [-0.2, 0) is 16.0 Å². The highest BCUT2D eigenvalue weighted by atomic mass is 16.5. The molecule has 23 heavy (non-hydrogen) atoms. The molecule has 0 heterocycles. The van der Waals surface area contributed by atoms with Gasteiger partial charge in [-0.2, -0.15) is 0 Å². The van der Waals surface area contributed by atoms with E-state index in [0.29, 0.717) is 13.0 Å². The molecule has 1 rings (SSSR count). The molecule has 0 aromatic heterocycles. The van der Waals surface area contributed by atoms with Gasteiger partial charge in [0.1, 0.15) is 11.8 Å².